The normalized spacial score (nSPS) is 10.4. The van der Waals surface area contributed by atoms with Gasteiger partial charge in [0.1, 0.15) is 23.3 Å². The molecule has 0 fully saturated rings. The topological polar surface area (TPSA) is 103 Å². The molecule has 0 bridgehead atoms. The average Bonchev–Trinajstić information content (AvgIpc) is 2.59. The van der Waals surface area contributed by atoms with Crippen LogP contribution in [0.3, 0.4) is 0 Å². The second-order valence-corrected chi connectivity index (χ2v) is 5.54. The molecule has 0 spiro atoms. The van der Waals surface area contributed by atoms with E-state index in [0.29, 0.717) is 27.9 Å². The molecule has 0 saturated carbocycles. The third kappa shape index (κ3) is 2.83. The molecule has 25 heavy (non-hydrogen) atoms. The average molecular weight is 335 g/mol. The number of nitrogen functional groups attached to an aromatic ring is 1. The van der Waals surface area contributed by atoms with Crippen LogP contribution in [-0.4, -0.2) is 15.2 Å². The summed E-state index contributed by atoms with van der Waals surface area (Å²) < 4.78 is 13.2. The van der Waals surface area contributed by atoms with Crippen molar-refractivity contribution in [3.63, 3.8) is 0 Å². The number of phenols is 2. The minimum Gasteiger partial charge on any atom is -0.504 e. The van der Waals surface area contributed by atoms with E-state index >= 15 is 0 Å². The Bertz CT molecular complexity index is 1010. The Morgan fingerprint density at radius 1 is 1.04 bits per heavy atom. The summed E-state index contributed by atoms with van der Waals surface area (Å²) in [4.78, 5) is 4.29. The second-order valence-electron chi connectivity index (χ2n) is 5.54. The first-order valence-electron chi connectivity index (χ1n) is 7.41. The van der Waals surface area contributed by atoms with E-state index in [9.17, 15) is 19.9 Å². The lowest BCUT2D eigenvalue weighted by atomic mass is 9.92. The van der Waals surface area contributed by atoms with Crippen molar-refractivity contribution >= 4 is 5.82 Å². The highest BCUT2D eigenvalue weighted by Crippen LogP contribution is 2.38. The van der Waals surface area contributed by atoms with Gasteiger partial charge in [0, 0.05) is 11.1 Å². The smallest absolute Gasteiger partial charge is 0.158 e. The Kier molecular flexibility index (Phi) is 3.99. The standard InChI is InChI=1S/C19H14FN3O2/c1-10-17(12-4-7-15(24)16(25)8-12)14(9-21)19(22)23-18(10)11-2-5-13(20)6-3-11/h2-8,24-25H,1H3,(H2,22,23). The summed E-state index contributed by atoms with van der Waals surface area (Å²) in [6.07, 6.45) is 0. The van der Waals surface area contributed by atoms with E-state index < -0.39 is 0 Å². The highest BCUT2D eigenvalue weighted by Gasteiger charge is 2.19. The Balaban J connectivity index is 2.31. The lowest BCUT2D eigenvalue weighted by molar-refractivity contribution is 0.404. The van der Waals surface area contributed by atoms with Crippen molar-refractivity contribution in [2.45, 2.75) is 6.92 Å². The summed E-state index contributed by atoms with van der Waals surface area (Å²) in [7, 11) is 0. The number of phenolic OH excluding ortho intramolecular Hbond substituents is 2. The molecule has 0 saturated heterocycles. The zero-order chi connectivity index (χ0) is 18.1. The number of anilines is 1. The van der Waals surface area contributed by atoms with Crippen LogP contribution in [0.4, 0.5) is 10.2 Å². The SMILES string of the molecule is Cc1c(-c2ccc(F)cc2)nc(N)c(C#N)c1-c1ccc(O)c(O)c1. The molecule has 0 atom stereocenters. The predicted molar refractivity (Wildman–Crippen MR) is 92.3 cm³/mol. The summed E-state index contributed by atoms with van der Waals surface area (Å²) in [6, 6.07) is 12.1. The molecule has 1 aromatic heterocycles. The van der Waals surface area contributed by atoms with Crippen LogP contribution >= 0.6 is 0 Å². The van der Waals surface area contributed by atoms with Gasteiger partial charge in [-0.3, -0.25) is 0 Å². The number of hydrogen-bond acceptors (Lipinski definition) is 5. The highest BCUT2D eigenvalue weighted by molar-refractivity contribution is 5.84. The molecule has 0 radical (unpaired) electrons. The van der Waals surface area contributed by atoms with Crippen LogP contribution in [0.5, 0.6) is 11.5 Å². The molecule has 124 valence electrons. The van der Waals surface area contributed by atoms with Crippen LogP contribution in [0, 0.1) is 24.1 Å². The quantitative estimate of drug-likeness (QED) is 0.619. The van der Waals surface area contributed by atoms with E-state index in [1.165, 1.54) is 24.3 Å². The van der Waals surface area contributed by atoms with Gasteiger partial charge in [-0.2, -0.15) is 5.26 Å². The molecule has 0 aliphatic rings. The van der Waals surface area contributed by atoms with Gasteiger partial charge in [-0.1, -0.05) is 6.07 Å². The van der Waals surface area contributed by atoms with Gasteiger partial charge >= 0.3 is 0 Å². The molecule has 3 rings (SSSR count). The zero-order valence-corrected chi connectivity index (χ0v) is 13.3. The Labute approximate surface area is 143 Å². The summed E-state index contributed by atoms with van der Waals surface area (Å²) in [6.45, 7) is 1.77. The van der Waals surface area contributed by atoms with E-state index in [0.717, 1.165) is 0 Å². The van der Waals surface area contributed by atoms with Gasteiger partial charge in [-0.15, -0.1) is 0 Å². The van der Waals surface area contributed by atoms with Crippen molar-refractivity contribution in [3.8, 4) is 40.0 Å². The molecule has 1 heterocycles. The number of benzene rings is 2. The summed E-state index contributed by atoms with van der Waals surface area (Å²) in [5.74, 6) is -0.901. The fourth-order valence-electron chi connectivity index (χ4n) is 2.74. The monoisotopic (exact) mass is 335 g/mol. The molecule has 0 aliphatic heterocycles. The van der Waals surface area contributed by atoms with Crippen LogP contribution in [0.25, 0.3) is 22.4 Å². The van der Waals surface area contributed by atoms with Crippen LogP contribution in [0.2, 0.25) is 0 Å². The van der Waals surface area contributed by atoms with E-state index in [2.05, 4.69) is 4.98 Å². The highest BCUT2D eigenvalue weighted by atomic mass is 19.1. The van der Waals surface area contributed by atoms with Gasteiger partial charge in [-0.05, 0) is 54.4 Å². The number of pyridine rings is 1. The number of rotatable bonds is 2. The zero-order valence-electron chi connectivity index (χ0n) is 13.3. The van der Waals surface area contributed by atoms with Gasteiger partial charge in [0.15, 0.2) is 11.5 Å². The van der Waals surface area contributed by atoms with Crippen molar-refractivity contribution in [1.82, 2.24) is 4.98 Å². The summed E-state index contributed by atoms with van der Waals surface area (Å²) in [5.41, 5.74) is 8.97. The molecular formula is C19H14FN3O2. The summed E-state index contributed by atoms with van der Waals surface area (Å²) in [5, 5.41) is 28.8. The Morgan fingerprint density at radius 3 is 2.28 bits per heavy atom. The maximum Gasteiger partial charge on any atom is 0.158 e. The van der Waals surface area contributed by atoms with Crippen molar-refractivity contribution < 1.29 is 14.6 Å². The number of aromatic nitrogens is 1. The fourth-order valence-corrected chi connectivity index (χ4v) is 2.74. The largest absolute Gasteiger partial charge is 0.504 e. The number of nitriles is 1. The molecule has 4 N–H and O–H groups in total. The second kappa shape index (κ2) is 6.13. The predicted octanol–water partition coefficient (Wildman–Crippen LogP) is 3.73. The lowest BCUT2D eigenvalue weighted by Gasteiger charge is -2.15. The summed E-state index contributed by atoms with van der Waals surface area (Å²) >= 11 is 0. The van der Waals surface area contributed by atoms with Gasteiger partial charge in [0.25, 0.3) is 0 Å². The van der Waals surface area contributed by atoms with Crippen molar-refractivity contribution in [2.24, 2.45) is 0 Å². The fraction of sp³-hybridized carbons (Fsp3) is 0.0526. The minimum absolute atomic E-state index is 0.0370. The van der Waals surface area contributed by atoms with E-state index in [1.807, 2.05) is 6.07 Å². The van der Waals surface area contributed by atoms with Gasteiger partial charge in [0.05, 0.1) is 5.69 Å². The first-order valence-corrected chi connectivity index (χ1v) is 7.41. The Morgan fingerprint density at radius 2 is 1.68 bits per heavy atom. The van der Waals surface area contributed by atoms with Crippen molar-refractivity contribution in [1.29, 1.82) is 5.26 Å². The van der Waals surface area contributed by atoms with E-state index in [1.54, 1.807) is 25.1 Å². The molecular weight excluding hydrogens is 321 g/mol. The number of nitrogens with two attached hydrogens (primary N) is 1. The molecule has 0 aliphatic carbocycles. The van der Waals surface area contributed by atoms with Gasteiger partial charge in [-0.25, -0.2) is 9.37 Å². The molecule has 3 aromatic rings. The minimum atomic E-state index is -0.369. The first kappa shape index (κ1) is 16.3. The third-order valence-electron chi connectivity index (χ3n) is 3.96. The van der Waals surface area contributed by atoms with Gasteiger partial charge < -0.3 is 15.9 Å². The maximum atomic E-state index is 13.2. The number of halogens is 1. The van der Waals surface area contributed by atoms with E-state index in [-0.39, 0.29) is 28.7 Å². The van der Waals surface area contributed by atoms with E-state index in [4.69, 9.17) is 5.73 Å². The molecule has 2 aromatic carbocycles. The van der Waals surface area contributed by atoms with Crippen molar-refractivity contribution in [2.75, 3.05) is 5.73 Å². The lowest BCUT2D eigenvalue weighted by Crippen LogP contribution is -2.03. The number of aromatic hydroxyl groups is 2. The maximum absolute atomic E-state index is 13.2. The molecule has 0 unspecified atom stereocenters. The molecule has 5 nitrogen and oxygen atoms in total. The number of nitrogens with zero attached hydrogens (tertiary/aromatic N) is 2. The van der Waals surface area contributed by atoms with Crippen LogP contribution in [-0.2, 0) is 0 Å². The molecule has 0 amide bonds. The molecule has 6 heteroatoms. The van der Waals surface area contributed by atoms with Crippen LogP contribution < -0.4 is 5.73 Å². The van der Waals surface area contributed by atoms with Gasteiger partial charge in [0.2, 0.25) is 0 Å². The first-order chi connectivity index (χ1) is 11.9. The van der Waals surface area contributed by atoms with Crippen LogP contribution in [0.1, 0.15) is 11.1 Å². The third-order valence-corrected chi connectivity index (χ3v) is 3.96. The number of hydrogen-bond donors (Lipinski definition) is 3. The van der Waals surface area contributed by atoms with Crippen LogP contribution in [0.15, 0.2) is 42.5 Å². The van der Waals surface area contributed by atoms with Crippen molar-refractivity contribution in [3.05, 3.63) is 59.4 Å². The Hall–Kier alpha value is -3.59.